The molecular weight excluding hydrogens is 344 g/mol. The lowest BCUT2D eigenvalue weighted by atomic mass is 10.2. The van der Waals surface area contributed by atoms with E-state index in [2.05, 4.69) is 0 Å². The average molecular weight is 367 g/mol. The van der Waals surface area contributed by atoms with Crippen LogP contribution in [0, 0.1) is 0 Å². The lowest BCUT2D eigenvalue weighted by Gasteiger charge is -2.28. The van der Waals surface area contributed by atoms with Gasteiger partial charge in [0.15, 0.2) is 0 Å². The van der Waals surface area contributed by atoms with Gasteiger partial charge in [-0.1, -0.05) is 18.2 Å². The number of aryl methyl sites for hydroxylation is 1. The standard InChI is InChI=1S/C14H23ClO5SSi/c1-4-18-22(19-5-2,20-6-3)12-11-13-9-7-8-10-14(13)21(15,16)17/h7-10H,4-6,11-12H2,1-3H3. The van der Waals surface area contributed by atoms with Crippen LogP contribution in [0.5, 0.6) is 0 Å². The summed E-state index contributed by atoms with van der Waals surface area (Å²) in [6.07, 6.45) is 0.467. The maximum atomic E-state index is 11.6. The normalized spacial score (nSPS) is 12.5. The van der Waals surface area contributed by atoms with E-state index in [4.69, 9.17) is 24.0 Å². The van der Waals surface area contributed by atoms with Crippen LogP contribution in [0.25, 0.3) is 0 Å². The highest BCUT2D eigenvalue weighted by Gasteiger charge is 2.40. The minimum atomic E-state index is -3.77. The topological polar surface area (TPSA) is 61.8 Å². The summed E-state index contributed by atoms with van der Waals surface area (Å²) in [5.74, 6) is 0. The van der Waals surface area contributed by atoms with E-state index in [1.165, 1.54) is 6.07 Å². The molecule has 0 amide bonds. The lowest BCUT2D eigenvalue weighted by Crippen LogP contribution is -2.46. The molecule has 0 radical (unpaired) electrons. The van der Waals surface area contributed by atoms with E-state index in [0.29, 0.717) is 37.8 Å². The SMILES string of the molecule is CCO[Si](CCc1ccccc1S(=O)(=O)Cl)(OCC)OCC. The maximum Gasteiger partial charge on any atom is 0.501 e. The lowest BCUT2D eigenvalue weighted by molar-refractivity contribution is 0.0713. The number of rotatable bonds is 10. The summed E-state index contributed by atoms with van der Waals surface area (Å²) < 4.78 is 40.6. The zero-order valence-electron chi connectivity index (χ0n) is 13.2. The van der Waals surface area contributed by atoms with E-state index >= 15 is 0 Å². The van der Waals surface area contributed by atoms with Crippen molar-refractivity contribution < 1.29 is 21.7 Å². The summed E-state index contributed by atoms with van der Waals surface area (Å²) >= 11 is 0. The van der Waals surface area contributed by atoms with Gasteiger partial charge in [0.1, 0.15) is 0 Å². The molecule has 0 aliphatic carbocycles. The zero-order chi connectivity index (χ0) is 16.6. The Morgan fingerprint density at radius 3 is 1.95 bits per heavy atom. The Morgan fingerprint density at radius 1 is 1.00 bits per heavy atom. The fourth-order valence-electron chi connectivity index (χ4n) is 2.24. The molecule has 0 N–H and O–H groups in total. The third-order valence-corrected chi connectivity index (χ3v) is 7.50. The number of hydrogen-bond acceptors (Lipinski definition) is 5. The maximum absolute atomic E-state index is 11.6. The van der Waals surface area contributed by atoms with Gasteiger partial charge < -0.3 is 13.3 Å². The summed E-state index contributed by atoms with van der Waals surface area (Å²) in [6, 6.07) is 7.19. The average Bonchev–Trinajstić information content (AvgIpc) is 2.45. The van der Waals surface area contributed by atoms with Gasteiger partial charge in [-0.15, -0.1) is 0 Å². The minimum Gasteiger partial charge on any atom is -0.374 e. The molecule has 8 heteroatoms. The van der Waals surface area contributed by atoms with Gasteiger partial charge in [-0.25, -0.2) is 8.42 Å². The smallest absolute Gasteiger partial charge is 0.374 e. The summed E-state index contributed by atoms with van der Waals surface area (Å²) in [5, 5.41) is 0. The summed E-state index contributed by atoms with van der Waals surface area (Å²) in [7, 11) is -1.08. The van der Waals surface area contributed by atoms with Gasteiger partial charge in [-0.3, -0.25) is 0 Å². The molecule has 0 aliphatic rings. The quantitative estimate of drug-likeness (QED) is 0.470. The van der Waals surface area contributed by atoms with Crippen LogP contribution in [0.2, 0.25) is 6.04 Å². The van der Waals surface area contributed by atoms with Crippen LogP contribution in [0.1, 0.15) is 26.3 Å². The van der Waals surface area contributed by atoms with E-state index in [-0.39, 0.29) is 4.90 Å². The van der Waals surface area contributed by atoms with Crippen molar-refractivity contribution in [1.82, 2.24) is 0 Å². The Balaban J connectivity index is 2.98. The number of benzene rings is 1. The first-order chi connectivity index (χ1) is 10.4. The molecule has 1 aromatic carbocycles. The van der Waals surface area contributed by atoms with Gasteiger partial charge in [0.2, 0.25) is 0 Å². The van der Waals surface area contributed by atoms with Crippen LogP contribution in [0.3, 0.4) is 0 Å². The summed E-state index contributed by atoms with van der Waals surface area (Å²) in [5.41, 5.74) is 0.647. The first-order valence-electron chi connectivity index (χ1n) is 7.33. The summed E-state index contributed by atoms with van der Waals surface area (Å²) in [4.78, 5) is 0.129. The van der Waals surface area contributed by atoms with Crippen molar-refractivity contribution in [2.24, 2.45) is 0 Å². The minimum absolute atomic E-state index is 0.129. The van der Waals surface area contributed by atoms with Crippen LogP contribution in [-0.2, 0) is 28.7 Å². The molecule has 0 unspecified atom stereocenters. The highest BCUT2D eigenvalue weighted by atomic mass is 35.7. The van der Waals surface area contributed by atoms with Crippen molar-refractivity contribution in [3.63, 3.8) is 0 Å². The molecule has 1 aromatic rings. The van der Waals surface area contributed by atoms with E-state index in [1.807, 2.05) is 20.8 Å². The predicted octanol–water partition coefficient (Wildman–Crippen LogP) is 3.21. The largest absolute Gasteiger partial charge is 0.501 e. The van der Waals surface area contributed by atoms with Gasteiger partial charge >= 0.3 is 8.80 Å². The third-order valence-electron chi connectivity index (χ3n) is 3.03. The Hall–Kier alpha value is -0.443. The Bertz CT molecular complexity index is 547. The van der Waals surface area contributed by atoms with Crippen molar-refractivity contribution >= 4 is 28.5 Å². The van der Waals surface area contributed by atoms with Gasteiger partial charge in [-0.2, -0.15) is 0 Å². The number of hydrogen-bond donors (Lipinski definition) is 0. The van der Waals surface area contributed by atoms with Crippen molar-refractivity contribution in [3.8, 4) is 0 Å². The van der Waals surface area contributed by atoms with Crippen LogP contribution in [-0.4, -0.2) is 37.0 Å². The van der Waals surface area contributed by atoms with Crippen LogP contribution in [0.15, 0.2) is 29.2 Å². The molecule has 0 fully saturated rings. The molecule has 0 atom stereocenters. The second kappa shape index (κ2) is 9.00. The highest BCUT2D eigenvalue weighted by Crippen LogP contribution is 2.25. The molecule has 0 aliphatic heterocycles. The summed E-state index contributed by atoms with van der Waals surface area (Å²) in [6.45, 7) is 7.12. The molecule has 0 saturated carbocycles. The Kier molecular flexibility index (Phi) is 8.02. The fraction of sp³-hybridized carbons (Fsp3) is 0.571. The van der Waals surface area contributed by atoms with Crippen molar-refractivity contribution in [2.45, 2.75) is 38.1 Å². The molecule has 0 aromatic heterocycles. The second-order valence-corrected chi connectivity index (χ2v) is 9.79. The second-order valence-electron chi connectivity index (χ2n) is 4.53. The zero-order valence-corrected chi connectivity index (χ0v) is 15.7. The van der Waals surface area contributed by atoms with Gasteiger partial charge in [0.05, 0.1) is 4.90 Å². The molecule has 22 heavy (non-hydrogen) atoms. The van der Waals surface area contributed by atoms with Crippen molar-refractivity contribution in [3.05, 3.63) is 29.8 Å². The first kappa shape index (κ1) is 19.6. The van der Waals surface area contributed by atoms with Crippen LogP contribution >= 0.6 is 10.7 Å². The van der Waals surface area contributed by atoms with Crippen LogP contribution < -0.4 is 0 Å². The molecule has 0 heterocycles. The van der Waals surface area contributed by atoms with Gasteiger partial charge in [0, 0.05) is 36.5 Å². The highest BCUT2D eigenvalue weighted by molar-refractivity contribution is 8.13. The molecule has 0 saturated heterocycles. The molecule has 5 nitrogen and oxygen atoms in total. The Labute approximate surface area is 138 Å². The third kappa shape index (κ3) is 5.64. The monoisotopic (exact) mass is 366 g/mol. The molecule has 0 spiro atoms. The van der Waals surface area contributed by atoms with E-state index in [1.54, 1.807) is 18.2 Å². The Morgan fingerprint density at radius 2 is 1.50 bits per heavy atom. The molecule has 0 bridgehead atoms. The molecule has 126 valence electrons. The van der Waals surface area contributed by atoms with Crippen LogP contribution in [0.4, 0.5) is 0 Å². The van der Waals surface area contributed by atoms with Crippen molar-refractivity contribution in [1.29, 1.82) is 0 Å². The molecule has 1 rings (SSSR count). The van der Waals surface area contributed by atoms with E-state index in [0.717, 1.165) is 0 Å². The number of halogens is 1. The van der Waals surface area contributed by atoms with Gasteiger partial charge in [0.25, 0.3) is 9.05 Å². The van der Waals surface area contributed by atoms with E-state index in [9.17, 15) is 8.42 Å². The van der Waals surface area contributed by atoms with Gasteiger partial charge in [-0.05, 0) is 38.8 Å². The molecular formula is C14H23ClO5SSi. The predicted molar refractivity (Wildman–Crippen MR) is 88.6 cm³/mol. The van der Waals surface area contributed by atoms with E-state index < -0.39 is 17.9 Å². The van der Waals surface area contributed by atoms with Crippen molar-refractivity contribution in [2.75, 3.05) is 19.8 Å². The fourth-order valence-corrected chi connectivity index (χ4v) is 5.99. The first-order valence-corrected chi connectivity index (χ1v) is 11.6.